The highest BCUT2D eigenvalue weighted by molar-refractivity contribution is 5.34. The van der Waals surface area contributed by atoms with E-state index in [-0.39, 0.29) is 0 Å². The van der Waals surface area contributed by atoms with Crippen molar-refractivity contribution in [1.82, 2.24) is 20.1 Å². The Labute approximate surface area is 107 Å². The zero-order chi connectivity index (χ0) is 12.2. The van der Waals surface area contributed by atoms with Crippen LogP contribution in [0.4, 0.5) is 0 Å². The van der Waals surface area contributed by atoms with Gasteiger partial charge in [0.05, 0.1) is 5.69 Å². The van der Waals surface area contributed by atoms with Crippen molar-refractivity contribution in [2.45, 2.75) is 19.3 Å². The summed E-state index contributed by atoms with van der Waals surface area (Å²) in [7, 11) is 0. The molecule has 1 aromatic carbocycles. The van der Waals surface area contributed by atoms with Crippen molar-refractivity contribution in [3.8, 4) is 5.69 Å². The molecule has 0 atom stereocenters. The zero-order valence-corrected chi connectivity index (χ0v) is 10.4. The summed E-state index contributed by atoms with van der Waals surface area (Å²) >= 11 is 0. The third kappa shape index (κ3) is 2.59. The van der Waals surface area contributed by atoms with Crippen LogP contribution in [-0.2, 0) is 6.42 Å². The largest absolute Gasteiger partial charge is 0.317 e. The van der Waals surface area contributed by atoms with Crippen LogP contribution in [0.5, 0.6) is 0 Å². The van der Waals surface area contributed by atoms with Gasteiger partial charge in [-0.25, -0.2) is 9.67 Å². The van der Waals surface area contributed by atoms with Gasteiger partial charge < -0.3 is 5.32 Å². The smallest absolute Gasteiger partial charge is 0.138 e. The number of hydrogen-bond donors (Lipinski definition) is 1. The van der Waals surface area contributed by atoms with E-state index in [1.807, 2.05) is 4.68 Å². The molecule has 3 rings (SSSR count). The average molecular weight is 242 g/mol. The number of piperidine rings is 1. The Morgan fingerprint density at radius 2 is 2.17 bits per heavy atom. The van der Waals surface area contributed by atoms with Crippen LogP contribution in [0.1, 0.15) is 18.4 Å². The molecule has 0 amide bonds. The van der Waals surface area contributed by atoms with Crippen molar-refractivity contribution < 1.29 is 0 Å². The lowest BCUT2D eigenvalue weighted by atomic mass is 9.91. The number of benzene rings is 1. The predicted molar refractivity (Wildman–Crippen MR) is 70.7 cm³/mol. The highest BCUT2D eigenvalue weighted by Crippen LogP contribution is 2.19. The molecule has 1 aromatic heterocycles. The van der Waals surface area contributed by atoms with Gasteiger partial charge in [-0.15, -0.1) is 0 Å². The predicted octanol–water partition coefficient (Wildman–Crippen LogP) is 1.81. The Morgan fingerprint density at radius 3 is 2.94 bits per heavy atom. The van der Waals surface area contributed by atoms with Gasteiger partial charge in [0, 0.05) is 0 Å². The second-order valence-electron chi connectivity index (χ2n) is 4.91. The number of nitrogens with one attached hydrogen (secondary N) is 1. The normalized spacial score (nSPS) is 16.9. The van der Waals surface area contributed by atoms with Gasteiger partial charge >= 0.3 is 0 Å². The van der Waals surface area contributed by atoms with E-state index in [4.69, 9.17) is 0 Å². The van der Waals surface area contributed by atoms with Crippen molar-refractivity contribution in [2.75, 3.05) is 13.1 Å². The van der Waals surface area contributed by atoms with Gasteiger partial charge in [0.15, 0.2) is 0 Å². The fourth-order valence-electron chi connectivity index (χ4n) is 2.59. The molecule has 0 unspecified atom stereocenters. The molecule has 94 valence electrons. The second-order valence-corrected chi connectivity index (χ2v) is 4.91. The van der Waals surface area contributed by atoms with Crippen molar-refractivity contribution in [2.24, 2.45) is 5.92 Å². The van der Waals surface area contributed by atoms with Crippen LogP contribution < -0.4 is 5.32 Å². The van der Waals surface area contributed by atoms with Gasteiger partial charge in [-0.1, -0.05) is 12.1 Å². The number of aromatic nitrogens is 3. The molecule has 1 aliphatic rings. The van der Waals surface area contributed by atoms with Crippen LogP contribution in [0.3, 0.4) is 0 Å². The van der Waals surface area contributed by atoms with E-state index in [0.717, 1.165) is 24.7 Å². The molecule has 1 aliphatic heterocycles. The summed E-state index contributed by atoms with van der Waals surface area (Å²) in [6.45, 7) is 2.32. The summed E-state index contributed by atoms with van der Waals surface area (Å²) in [5.41, 5.74) is 2.49. The summed E-state index contributed by atoms with van der Waals surface area (Å²) in [5, 5.41) is 7.58. The number of nitrogens with zero attached hydrogens (tertiary/aromatic N) is 3. The van der Waals surface area contributed by atoms with Gasteiger partial charge in [0.25, 0.3) is 0 Å². The van der Waals surface area contributed by atoms with Gasteiger partial charge in [0.1, 0.15) is 12.7 Å². The summed E-state index contributed by atoms with van der Waals surface area (Å²) < 4.78 is 1.81. The van der Waals surface area contributed by atoms with E-state index in [1.54, 1.807) is 12.7 Å². The van der Waals surface area contributed by atoms with E-state index >= 15 is 0 Å². The molecule has 1 fully saturated rings. The molecule has 18 heavy (non-hydrogen) atoms. The summed E-state index contributed by atoms with van der Waals surface area (Å²) in [5.74, 6) is 0.817. The minimum atomic E-state index is 0.817. The van der Waals surface area contributed by atoms with Gasteiger partial charge in [-0.05, 0) is 56.0 Å². The third-order valence-corrected chi connectivity index (χ3v) is 3.58. The Kier molecular flexibility index (Phi) is 3.37. The molecule has 1 saturated heterocycles. The Hall–Kier alpha value is -1.68. The van der Waals surface area contributed by atoms with Crippen LogP contribution in [0, 0.1) is 5.92 Å². The lowest BCUT2D eigenvalue weighted by molar-refractivity contribution is 0.372. The molecule has 2 aromatic rings. The SMILES string of the molecule is c1cc(CC2CCNCC2)cc(-n2cncn2)c1. The third-order valence-electron chi connectivity index (χ3n) is 3.58. The maximum Gasteiger partial charge on any atom is 0.138 e. The van der Waals surface area contributed by atoms with E-state index in [9.17, 15) is 0 Å². The van der Waals surface area contributed by atoms with E-state index in [2.05, 4.69) is 39.7 Å². The van der Waals surface area contributed by atoms with Gasteiger partial charge in [-0.2, -0.15) is 5.10 Å². The van der Waals surface area contributed by atoms with E-state index in [0.29, 0.717) is 0 Å². The highest BCUT2D eigenvalue weighted by atomic mass is 15.3. The first-order chi connectivity index (χ1) is 8.92. The molecule has 0 spiro atoms. The van der Waals surface area contributed by atoms with Crippen LogP contribution in [0.25, 0.3) is 5.69 Å². The Bertz CT molecular complexity index is 486. The van der Waals surface area contributed by atoms with Crippen molar-refractivity contribution in [1.29, 1.82) is 0 Å². The lowest BCUT2D eigenvalue weighted by Crippen LogP contribution is -2.28. The molecular weight excluding hydrogens is 224 g/mol. The van der Waals surface area contributed by atoms with Gasteiger partial charge in [0.2, 0.25) is 0 Å². The molecule has 0 saturated carbocycles. The first kappa shape index (κ1) is 11.4. The maximum absolute atomic E-state index is 4.17. The second kappa shape index (κ2) is 5.31. The summed E-state index contributed by atoms with van der Waals surface area (Å²) in [6, 6.07) is 8.60. The van der Waals surface area contributed by atoms with Crippen LogP contribution >= 0.6 is 0 Å². The van der Waals surface area contributed by atoms with Crippen molar-refractivity contribution in [3.05, 3.63) is 42.5 Å². The summed E-state index contributed by atoms with van der Waals surface area (Å²) in [6.07, 6.45) is 7.05. The number of hydrogen-bond acceptors (Lipinski definition) is 3. The van der Waals surface area contributed by atoms with Gasteiger partial charge in [-0.3, -0.25) is 0 Å². The van der Waals surface area contributed by atoms with E-state index in [1.165, 1.54) is 24.8 Å². The molecule has 2 heterocycles. The molecule has 1 N–H and O–H groups in total. The van der Waals surface area contributed by atoms with Crippen molar-refractivity contribution >= 4 is 0 Å². The average Bonchev–Trinajstić information content (AvgIpc) is 2.94. The quantitative estimate of drug-likeness (QED) is 0.892. The van der Waals surface area contributed by atoms with Crippen LogP contribution in [-0.4, -0.2) is 27.9 Å². The zero-order valence-electron chi connectivity index (χ0n) is 10.4. The molecule has 4 nitrogen and oxygen atoms in total. The monoisotopic (exact) mass is 242 g/mol. The minimum absolute atomic E-state index is 0.817. The maximum atomic E-state index is 4.17. The molecule has 0 radical (unpaired) electrons. The van der Waals surface area contributed by atoms with E-state index < -0.39 is 0 Å². The molecule has 4 heteroatoms. The first-order valence-electron chi connectivity index (χ1n) is 6.56. The topological polar surface area (TPSA) is 42.7 Å². The summed E-state index contributed by atoms with van der Waals surface area (Å²) in [4.78, 5) is 3.99. The van der Waals surface area contributed by atoms with Crippen LogP contribution in [0.15, 0.2) is 36.9 Å². The highest BCUT2D eigenvalue weighted by Gasteiger charge is 2.13. The Morgan fingerprint density at radius 1 is 1.28 bits per heavy atom. The van der Waals surface area contributed by atoms with Crippen LogP contribution in [0.2, 0.25) is 0 Å². The molecular formula is C14H18N4. The minimum Gasteiger partial charge on any atom is -0.317 e. The molecule has 0 bridgehead atoms. The fourth-order valence-corrected chi connectivity index (χ4v) is 2.59. The number of rotatable bonds is 3. The first-order valence-corrected chi connectivity index (χ1v) is 6.56. The fraction of sp³-hybridized carbons (Fsp3) is 0.429. The standard InChI is InChI=1S/C14H18N4/c1-2-13(8-12-4-6-15-7-5-12)9-14(3-1)18-11-16-10-17-18/h1-3,9-12,15H,4-8H2. The van der Waals surface area contributed by atoms with Crippen molar-refractivity contribution in [3.63, 3.8) is 0 Å². The lowest BCUT2D eigenvalue weighted by Gasteiger charge is -2.22. The molecule has 0 aliphatic carbocycles. The Balaban J connectivity index is 1.74.